The van der Waals surface area contributed by atoms with Gasteiger partial charge in [-0.25, -0.2) is 14.6 Å². The zero-order chi connectivity index (χ0) is 24.5. The molecular formula is C18H20ClN5O7S2. The van der Waals surface area contributed by atoms with Gasteiger partial charge in [-0.2, -0.15) is 0 Å². The molecule has 0 spiro atoms. The number of carboxylic acids is 1. The molecule has 15 heteroatoms. The van der Waals surface area contributed by atoms with Crippen molar-refractivity contribution < 1.29 is 33.9 Å². The van der Waals surface area contributed by atoms with Gasteiger partial charge in [-0.15, -0.1) is 11.8 Å². The average Bonchev–Trinajstić information content (AvgIpc) is 3.04. The first-order valence-corrected chi connectivity index (χ1v) is 11.6. The van der Waals surface area contributed by atoms with E-state index >= 15 is 0 Å². The molecule has 0 aromatic carbocycles. The second-order valence-corrected chi connectivity index (χ2v) is 10.6. The summed E-state index contributed by atoms with van der Waals surface area (Å²) in [5.74, 6) is -2.98. The molecule has 1 unspecified atom stereocenters. The number of hydrogen-bond acceptors (Lipinski definition) is 11. The monoisotopic (exact) mass is 517 g/mol. The SMILES string of the molecule is CC(C)(C)OC(=O)CON=C(C(=O)NC1C(=O)N2C=C(C(=O)O)CS[C@H]12)c1nc(N)sc1Cl. The number of carbonyl (C=O) groups is 4. The third-order valence-electron chi connectivity index (χ3n) is 4.15. The summed E-state index contributed by atoms with van der Waals surface area (Å²) in [4.78, 5) is 58.6. The molecule has 1 aromatic rings. The second-order valence-electron chi connectivity index (χ2n) is 7.83. The van der Waals surface area contributed by atoms with Crippen LogP contribution in [-0.4, -0.2) is 73.8 Å². The van der Waals surface area contributed by atoms with Crippen molar-refractivity contribution in [3.05, 3.63) is 21.8 Å². The van der Waals surface area contributed by atoms with Crippen molar-refractivity contribution in [3.63, 3.8) is 0 Å². The third kappa shape index (κ3) is 5.75. The number of rotatable bonds is 7. The van der Waals surface area contributed by atoms with E-state index in [-0.39, 0.29) is 32.2 Å². The number of hydrogen-bond donors (Lipinski definition) is 3. The predicted octanol–water partition coefficient (Wildman–Crippen LogP) is 0.810. The van der Waals surface area contributed by atoms with E-state index in [1.807, 2.05) is 0 Å². The van der Waals surface area contributed by atoms with Crippen molar-refractivity contribution in [3.8, 4) is 0 Å². The number of nitrogens with zero attached hydrogens (tertiary/aromatic N) is 3. The number of halogens is 1. The molecule has 2 aliphatic rings. The lowest BCUT2D eigenvalue weighted by atomic mass is 10.1. The minimum atomic E-state index is -1.12. The van der Waals surface area contributed by atoms with Gasteiger partial charge in [0.05, 0.1) is 5.57 Å². The van der Waals surface area contributed by atoms with Crippen molar-refractivity contribution in [2.45, 2.75) is 37.8 Å². The molecular weight excluding hydrogens is 498 g/mol. The summed E-state index contributed by atoms with van der Waals surface area (Å²) in [5.41, 5.74) is 4.54. The maximum absolute atomic E-state index is 12.9. The summed E-state index contributed by atoms with van der Waals surface area (Å²) >= 11 is 8.21. The van der Waals surface area contributed by atoms with Crippen LogP contribution in [0.1, 0.15) is 26.5 Å². The Bertz CT molecular complexity index is 1070. The fourth-order valence-corrected chi connectivity index (χ4v) is 4.99. The molecule has 4 N–H and O–H groups in total. The lowest BCUT2D eigenvalue weighted by Crippen LogP contribution is -2.69. The molecule has 2 amide bonds. The van der Waals surface area contributed by atoms with Crippen molar-refractivity contribution in [2.24, 2.45) is 5.16 Å². The van der Waals surface area contributed by atoms with E-state index < -0.39 is 47.4 Å². The number of nitrogens with two attached hydrogens (primary N) is 1. The Morgan fingerprint density at radius 2 is 2.12 bits per heavy atom. The topological polar surface area (TPSA) is 174 Å². The summed E-state index contributed by atoms with van der Waals surface area (Å²) in [6, 6.07) is -0.931. The van der Waals surface area contributed by atoms with Crippen LogP contribution in [0, 0.1) is 0 Å². The number of thioether (sulfide) groups is 1. The third-order valence-corrected chi connectivity index (χ3v) is 6.55. The Kier molecular flexibility index (Phi) is 7.19. The van der Waals surface area contributed by atoms with E-state index in [9.17, 15) is 19.2 Å². The van der Waals surface area contributed by atoms with Gasteiger partial charge < -0.3 is 30.6 Å². The fraction of sp³-hybridized carbons (Fsp3) is 0.444. The highest BCUT2D eigenvalue weighted by molar-refractivity contribution is 8.00. The van der Waals surface area contributed by atoms with E-state index in [0.717, 1.165) is 11.3 Å². The van der Waals surface area contributed by atoms with Gasteiger partial charge >= 0.3 is 11.9 Å². The lowest BCUT2D eigenvalue weighted by Gasteiger charge is -2.46. The van der Waals surface area contributed by atoms with Gasteiger partial charge in [0.1, 0.15) is 27.0 Å². The Morgan fingerprint density at radius 3 is 2.70 bits per heavy atom. The number of anilines is 1. The smallest absolute Gasteiger partial charge is 0.347 e. The normalized spacial score (nSPS) is 20.4. The van der Waals surface area contributed by atoms with Gasteiger partial charge in [-0.1, -0.05) is 28.1 Å². The molecule has 1 aromatic heterocycles. The molecule has 3 rings (SSSR count). The molecule has 12 nitrogen and oxygen atoms in total. The largest absolute Gasteiger partial charge is 0.478 e. The van der Waals surface area contributed by atoms with Crippen molar-refractivity contribution in [2.75, 3.05) is 18.1 Å². The highest BCUT2D eigenvalue weighted by Crippen LogP contribution is 2.36. The van der Waals surface area contributed by atoms with E-state index in [2.05, 4.69) is 15.5 Å². The van der Waals surface area contributed by atoms with Crippen molar-refractivity contribution >= 4 is 69.3 Å². The van der Waals surface area contributed by atoms with Crippen LogP contribution in [0.3, 0.4) is 0 Å². The average molecular weight is 518 g/mol. The molecule has 0 aliphatic carbocycles. The molecule has 2 aliphatic heterocycles. The van der Waals surface area contributed by atoms with Crippen LogP contribution in [-0.2, 0) is 28.8 Å². The highest BCUT2D eigenvalue weighted by Gasteiger charge is 2.50. The summed E-state index contributed by atoms with van der Waals surface area (Å²) < 4.78 is 5.17. The first kappa shape index (κ1) is 24.8. The summed E-state index contributed by atoms with van der Waals surface area (Å²) in [7, 11) is 0. The van der Waals surface area contributed by atoms with E-state index in [0.29, 0.717) is 0 Å². The first-order valence-electron chi connectivity index (χ1n) is 9.40. The zero-order valence-electron chi connectivity index (χ0n) is 17.7. The Morgan fingerprint density at radius 1 is 1.42 bits per heavy atom. The summed E-state index contributed by atoms with van der Waals surface area (Å²) in [5, 5.41) is 14.9. The zero-order valence-corrected chi connectivity index (χ0v) is 20.0. The fourth-order valence-electron chi connectivity index (χ4n) is 2.82. The maximum Gasteiger partial charge on any atom is 0.347 e. The van der Waals surface area contributed by atoms with E-state index in [4.69, 9.17) is 32.0 Å². The molecule has 3 heterocycles. The van der Waals surface area contributed by atoms with Gasteiger partial charge in [0, 0.05) is 12.0 Å². The lowest BCUT2D eigenvalue weighted by molar-refractivity contribution is -0.160. The Hall–Kier alpha value is -2.84. The number of aliphatic carboxylic acids is 1. The van der Waals surface area contributed by atoms with Gasteiger partial charge in [0.2, 0.25) is 6.61 Å². The first-order chi connectivity index (χ1) is 15.4. The second kappa shape index (κ2) is 9.57. The summed E-state index contributed by atoms with van der Waals surface area (Å²) in [6.07, 6.45) is 1.26. The van der Waals surface area contributed by atoms with Crippen LogP contribution >= 0.6 is 34.7 Å². The van der Waals surface area contributed by atoms with Crippen LogP contribution in [0.5, 0.6) is 0 Å². The number of carboxylic acid groups (broad SMARTS) is 1. The Labute approximate surface area is 201 Å². The number of nitrogen functional groups attached to an aromatic ring is 1. The molecule has 1 saturated heterocycles. The highest BCUT2D eigenvalue weighted by atomic mass is 35.5. The number of fused-ring (bicyclic) bond motifs is 1. The number of oxime groups is 1. The van der Waals surface area contributed by atoms with Gasteiger partial charge in [0.15, 0.2) is 10.8 Å². The molecule has 0 radical (unpaired) electrons. The maximum atomic E-state index is 12.9. The molecule has 33 heavy (non-hydrogen) atoms. The molecule has 178 valence electrons. The van der Waals surface area contributed by atoms with Crippen molar-refractivity contribution in [1.29, 1.82) is 0 Å². The van der Waals surface area contributed by atoms with E-state index in [1.165, 1.54) is 22.9 Å². The minimum absolute atomic E-state index is 0.0601. The minimum Gasteiger partial charge on any atom is -0.478 e. The van der Waals surface area contributed by atoms with Gasteiger partial charge in [-0.05, 0) is 20.8 Å². The quantitative estimate of drug-likeness (QED) is 0.203. The van der Waals surface area contributed by atoms with Gasteiger partial charge in [0.25, 0.3) is 11.8 Å². The molecule has 2 atom stereocenters. The molecule has 0 saturated carbocycles. The van der Waals surface area contributed by atoms with Crippen LogP contribution < -0.4 is 11.1 Å². The number of amides is 2. The number of aromatic nitrogens is 1. The van der Waals surface area contributed by atoms with Crippen LogP contribution in [0.15, 0.2) is 16.9 Å². The Balaban J connectivity index is 1.74. The van der Waals surface area contributed by atoms with Crippen LogP contribution in [0.25, 0.3) is 0 Å². The van der Waals surface area contributed by atoms with Crippen molar-refractivity contribution in [1.82, 2.24) is 15.2 Å². The summed E-state index contributed by atoms with van der Waals surface area (Å²) in [6.45, 7) is 4.47. The predicted molar refractivity (Wildman–Crippen MR) is 121 cm³/mol. The number of esters is 1. The number of nitrogens with one attached hydrogen (secondary N) is 1. The number of ether oxygens (including phenoxy) is 1. The molecule has 1 fully saturated rings. The number of β-lactam (4-membered cyclic amide) rings is 1. The molecule has 0 bridgehead atoms. The number of carbonyl (C=O) groups excluding carboxylic acids is 3. The standard InChI is InChI=1S/C18H20ClN5O7S2/c1-18(2,3)31-8(25)5-30-23-10(9-12(19)33-17(20)22-9)13(26)21-11-14(27)24-4-7(16(28)29)6-32-15(11)24/h4,11,15H,5-6H2,1-3H3,(H2,20,22)(H,21,26)(H,28,29)/t11?,15-/m1/s1. The van der Waals surface area contributed by atoms with E-state index in [1.54, 1.807) is 20.8 Å². The van der Waals surface area contributed by atoms with Crippen LogP contribution in [0.4, 0.5) is 5.13 Å². The number of thiazole rings is 1. The van der Waals surface area contributed by atoms with Gasteiger partial charge in [-0.3, -0.25) is 9.59 Å². The van der Waals surface area contributed by atoms with Crippen LogP contribution in [0.2, 0.25) is 4.34 Å².